The number of alkyl halides is 3. The normalized spacial score (nSPS) is 12.3. The predicted molar refractivity (Wildman–Crippen MR) is 385 cm³/mol. The van der Waals surface area contributed by atoms with E-state index in [4.69, 9.17) is 4.98 Å². The van der Waals surface area contributed by atoms with E-state index in [-0.39, 0.29) is 11.1 Å². The van der Waals surface area contributed by atoms with E-state index in [1.54, 1.807) is 6.07 Å². The second-order valence-corrected chi connectivity index (χ2v) is 24.9. The number of fused-ring (bicyclic) bond motifs is 18. The van der Waals surface area contributed by atoms with Crippen LogP contribution in [0.3, 0.4) is 0 Å². The molecule has 11 heteroatoms. The Morgan fingerprint density at radius 3 is 0.854 bits per heavy atom. The summed E-state index contributed by atoms with van der Waals surface area (Å²) in [7, 11) is 0. The molecule has 20 rings (SSSR count). The first-order chi connectivity index (χ1) is 47.2. The topological polar surface area (TPSA) is 66.3 Å². The summed E-state index contributed by atoms with van der Waals surface area (Å²) in [6, 6.07) is 101. The van der Waals surface area contributed by atoms with Gasteiger partial charge < -0.3 is 22.8 Å². The summed E-state index contributed by atoms with van der Waals surface area (Å²) >= 11 is 0. The highest BCUT2D eigenvalue weighted by atomic mass is 19.4. The molecular formula is C85H49F3N8. The smallest absolute Gasteiger partial charge is 0.309 e. The first-order valence-electron chi connectivity index (χ1n) is 32.0. The van der Waals surface area contributed by atoms with Gasteiger partial charge in [0.25, 0.3) is 0 Å². The van der Waals surface area contributed by atoms with E-state index in [2.05, 4.69) is 300 Å². The number of hydrogen-bond acceptors (Lipinski definition) is 2. The molecule has 0 fully saturated rings. The first kappa shape index (κ1) is 53.7. The summed E-state index contributed by atoms with van der Waals surface area (Å²) < 4.78 is 60.3. The highest BCUT2D eigenvalue weighted by molar-refractivity contribution is 6.17. The van der Waals surface area contributed by atoms with Crippen LogP contribution in [0.15, 0.2) is 297 Å². The third kappa shape index (κ3) is 7.69. The zero-order valence-corrected chi connectivity index (χ0v) is 51.0. The average molecular weight is 1240 g/mol. The molecule has 0 saturated heterocycles. The van der Waals surface area contributed by atoms with Crippen molar-refractivity contribution in [3.8, 4) is 51.5 Å². The molecule has 13 aromatic carbocycles. The minimum absolute atomic E-state index is 0.128. The number of pyridine rings is 1. The molecular weight excluding hydrogens is 1190 g/mol. The largest absolute Gasteiger partial charge is 0.416 e. The summed E-state index contributed by atoms with van der Waals surface area (Å²) in [4.78, 5) is 5.61. The maximum absolute atomic E-state index is 15.6. The third-order valence-electron chi connectivity index (χ3n) is 19.9. The summed E-state index contributed by atoms with van der Waals surface area (Å²) in [6.07, 6.45) is -2.97. The number of nitriles is 1. The van der Waals surface area contributed by atoms with Crippen molar-refractivity contribution in [2.75, 3.05) is 0 Å². The van der Waals surface area contributed by atoms with Crippen LogP contribution in [0.2, 0.25) is 0 Å². The molecule has 20 aromatic rings. The number of rotatable bonds is 7. The van der Waals surface area contributed by atoms with Gasteiger partial charge in [0, 0.05) is 92.9 Å². The molecule has 0 spiro atoms. The average Bonchev–Trinajstić information content (AvgIpc) is 1.55. The van der Waals surface area contributed by atoms with Crippen molar-refractivity contribution in [1.82, 2.24) is 32.4 Å². The second-order valence-electron chi connectivity index (χ2n) is 24.9. The van der Waals surface area contributed by atoms with E-state index in [9.17, 15) is 5.26 Å². The molecule has 0 bridgehead atoms. The van der Waals surface area contributed by atoms with Crippen molar-refractivity contribution in [2.45, 2.75) is 6.18 Å². The van der Waals surface area contributed by atoms with Gasteiger partial charge in [-0.3, -0.25) is 4.57 Å². The van der Waals surface area contributed by atoms with Gasteiger partial charge in [-0.15, -0.1) is 0 Å². The molecule has 0 aliphatic carbocycles. The van der Waals surface area contributed by atoms with E-state index in [0.29, 0.717) is 17.1 Å². The Morgan fingerprint density at radius 2 is 0.562 bits per heavy atom. The van der Waals surface area contributed by atoms with Crippen LogP contribution < -0.4 is 0 Å². The minimum Gasteiger partial charge on any atom is -0.309 e. The van der Waals surface area contributed by atoms with Gasteiger partial charge in [0.15, 0.2) is 0 Å². The highest BCUT2D eigenvalue weighted by Gasteiger charge is 2.33. The molecule has 0 N–H and O–H groups in total. The lowest BCUT2D eigenvalue weighted by molar-refractivity contribution is -0.137. The van der Waals surface area contributed by atoms with Gasteiger partial charge in [0.2, 0.25) is 0 Å². The zero-order valence-electron chi connectivity index (χ0n) is 51.0. The van der Waals surface area contributed by atoms with E-state index >= 15 is 13.2 Å². The van der Waals surface area contributed by atoms with Crippen LogP contribution in [0, 0.1) is 11.3 Å². The van der Waals surface area contributed by atoms with E-state index in [0.717, 1.165) is 160 Å². The summed E-state index contributed by atoms with van der Waals surface area (Å²) in [5.41, 5.74) is 15.3. The van der Waals surface area contributed by atoms with Gasteiger partial charge in [-0.2, -0.15) is 18.4 Å². The molecule has 0 atom stereocenters. The van der Waals surface area contributed by atoms with Crippen molar-refractivity contribution >= 4 is 131 Å². The fraction of sp³-hybridized carbons (Fsp3) is 0.0118. The fourth-order valence-electron chi connectivity index (χ4n) is 15.8. The molecule has 0 aliphatic rings. The van der Waals surface area contributed by atoms with E-state index in [1.165, 1.54) is 6.07 Å². The first-order valence-corrected chi connectivity index (χ1v) is 32.0. The Kier molecular flexibility index (Phi) is 11.2. The summed E-state index contributed by atoms with van der Waals surface area (Å²) in [5, 5.41) is 23.5. The van der Waals surface area contributed by atoms with Crippen molar-refractivity contribution < 1.29 is 13.2 Å². The van der Waals surface area contributed by atoms with Crippen LogP contribution in [-0.4, -0.2) is 32.4 Å². The Morgan fingerprint density at radius 1 is 0.281 bits per heavy atom. The summed E-state index contributed by atoms with van der Waals surface area (Å²) in [5.74, 6) is 0.459. The lowest BCUT2D eigenvalue weighted by Gasteiger charge is -2.19. The molecule has 7 aromatic heterocycles. The number of hydrogen-bond donors (Lipinski definition) is 0. The van der Waals surface area contributed by atoms with E-state index < -0.39 is 11.7 Å². The van der Waals surface area contributed by atoms with Crippen LogP contribution >= 0.6 is 0 Å². The number of benzene rings is 13. The molecule has 96 heavy (non-hydrogen) atoms. The van der Waals surface area contributed by atoms with Gasteiger partial charge in [0.1, 0.15) is 5.82 Å². The number of aromatic nitrogens is 7. The van der Waals surface area contributed by atoms with Crippen molar-refractivity contribution in [2.24, 2.45) is 0 Å². The summed E-state index contributed by atoms with van der Waals surface area (Å²) in [6.45, 7) is 0. The lowest BCUT2D eigenvalue weighted by Crippen LogP contribution is -2.07. The Bertz CT molecular complexity index is 6240. The predicted octanol–water partition coefficient (Wildman–Crippen LogP) is 22.2. The maximum Gasteiger partial charge on any atom is 0.416 e. The van der Waals surface area contributed by atoms with Crippen LogP contribution in [0.1, 0.15) is 11.1 Å². The highest BCUT2D eigenvalue weighted by Crippen LogP contribution is 2.45. The van der Waals surface area contributed by atoms with Gasteiger partial charge >= 0.3 is 6.18 Å². The Hall–Kier alpha value is -12.9. The maximum atomic E-state index is 15.6. The van der Waals surface area contributed by atoms with E-state index in [1.807, 2.05) is 12.3 Å². The standard InChI is InChI=1S/C85H49F3N8/c86-85(87,88)53-42-51(49-89)41-52(43-53)70-48-84(96-81-46-56(93-75-29-13-5-21-62(75)63-22-6-14-30-76(63)93)35-39-68(81)69-40-36-57(47-82(69)96)94-77-31-15-7-23-64(77)65-24-8-16-32-78(65)94)90-50-83(70)95-79-44-54(91-71-25-9-1-17-58(71)59-18-2-10-26-72(59)91)33-37-66(79)67-38-34-55(45-80(67)95)92-73-27-11-3-19-60(73)61-20-4-12-28-74(61)92/h1-48,50H. The van der Waals surface area contributed by atoms with Crippen LogP contribution in [0.4, 0.5) is 13.2 Å². The lowest BCUT2D eigenvalue weighted by atomic mass is 9.99. The van der Waals surface area contributed by atoms with Crippen LogP contribution in [-0.2, 0) is 6.18 Å². The third-order valence-corrected chi connectivity index (χ3v) is 19.9. The number of halogens is 3. The molecule has 450 valence electrons. The molecule has 7 heterocycles. The molecule has 0 unspecified atom stereocenters. The quantitative estimate of drug-likeness (QED) is 0.160. The molecule has 0 radical (unpaired) electrons. The Labute approximate surface area is 544 Å². The van der Waals surface area contributed by atoms with Gasteiger partial charge in [-0.1, -0.05) is 170 Å². The van der Waals surface area contributed by atoms with Crippen LogP contribution in [0.5, 0.6) is 0 Å². The van der Waals surface area contributed by atoms with Gasteiger partial charge in [0.05, 0.1) is 95.3 Å². The van der Waals surface area contributed by atoms with Crippen molar-refractivity contribution in [1.29, 1.82) is 5.26 Å². The second kappa shape index (κ2) is 20.0. The zero-order chi connectivity index (χ0) is 63.7. The fourth-order valence-corrected chi connectivity index (χ4v) is 15.8. The SMILES string of the molecule is N#Cc1cc(-c2cc(-n3c4cc(-n5c6ccccc6c6ccccc65)ccc4c4ccc(-n5c6ccccc6c6ccccc65)cc43)ncc2-n2c3cc(-n4c5ccccc5c5ccccc54)ccc3c3ccc(-n4c5ccccc5c5ccccc54)cc32)cc(C(F)(F)F)c1. The van der Waals surface area contributed by atoms with Crippen molar-refractivity contribution in [3.63, 3.8) is 0 Å². The van der Waals surface area contributed by atoms with Crippen molar-refractivity contribution in [3.05, 3.63) is 309 Å². The molecule has 0 amide bonds. The molecule has 0 saturated carbocycles. The van der Waals surface area contributed by atoms with Gasteiger partial charge in [-0.25, -0.2) is 4.98 Å². The Balaban J connectivity index is 0.913. The van der Waals surface area contributed by atoms with Gasteiger partial charge in [-0.05, 0) is 127 Å². The minimum atomic E-state index is -4.79. The number of para-hydroxylation sites is 8. The molecule has 8 nitrogen and oxygen atoms in total. The monoisotopic (exact) mass is 1240 g/mol. The van der Waals surface area contributed by atoms with Crippen LogP contribution in [0.25, 0.3) is 176 Å². The number of nitrogens with zero attached hydrogens (tertiary/aromatic N) is 8. The molecule has 0 aliphatic heterocycles.